The Balaban J connectivity index is 1.43. The summed E-state index contributed by atoms with van der Waals surface area (Å²) in [5, 5.41) is 20.3. The van der Waals surface area contributed by atoms with Gasteiger partial charge in [-0.15, -0.1) is 11.3 Å². The number of benzene rings is 3. The molecule has 0 aliphatic carbocycles. The third-order valence-electron chi connectivity index (χ3n) is 5.85. The maximum absolute atomic E-state index is 13.2. The molecule has 1 aromatic heterocycles. The summed E-state index contributed by atoms with van der Waals surface area (Å²) in [6, 6.07) is 19.8. The Kier molecular flexibility index (Phi) is 8.50. The number of ether oxygens (including phenoxy) is 1. The number of fused-ring (bicyclic) bond motifs is 1. The fraction of sp³-hybridized carbons (Fsp3) is 0.231. The van der Waals surface area contributed by atoms with Crippen molar-refractivity contribution in [2.75, 3.05) is 19.9 Å². The number of likely N-dealkylation sites (N-methyl/N-ethyl adjacent to an activating group) is 1. The molecule has 4 rings (SSSR count). The molecule has 0 amide bonds. The van der Waals surface area contributed by atoms with Crippen molar-refractivity contribution in [2.24, 2.45) is 0 Å². The second-order valence-electron chi connectivity index (χ2n) is 8.28. The molecule has 1 heterocycles. The lowest BCUT2D eigenvalue weighted by Crippen LogP contribution is -2.44. The number of hydrogen-bond acceptors (Lipinski definition) is 8. The molecule has 3 aromatic carbocycles. The molecular formula is C26H26N2O6S3. The highest BCUT2D eigenvalue weighted by molar-refractivity contribution is 8.01. The Hall–Kier alpha value is -2.96. The summed E-state index contributed by atoms with van der Waals surface area (Å²) in [4.78, 5) is 16.5. The lowest BCUT2D eigenvalue weighted by Gasteiger charge is -2.26. The summed E-state index contributed by atoms with van der Waals surface area (Å²) in [6.45, 7) is 0. The molecule has 0 saturated heterocycles. The van der Waals surface area contributed by atoms with Crippen molar-refractivity contribution in [3.8, 4) is 16.9 Å². The smallest absolute Gasteiger partial charge is 0.322 e. The molecule has 0 saturated carbocycles. The number of nitrogens with zero attached hydrogens (tertiary/aromatic N) is 2. The first-order chi connectivity index (χ1) is 17.7. The van der Waals surface area contributed by atoms with Crippen molar-refractivity contribution >= 4 is 49.3 Å². The quantitative estimate of drug-likeness (QED) is 0.257. The number of aliphatic carboxylic acids is 1. The third-order valence-corrected chi connectivity index (χ3v) is 10.1. The van der Waals surface area contributed by atoms with Crippen LogP contribution in [0.25, 0.3) is 21.3 Å². The highest BCUT2D eigenvalue weighted by Gasteiger charge is 2.34. The fourth-order valence-electron chi connectivity index (χ4n) is 3.75. The molecule has 194 valence electrons. The zero-order valence-electron chi connectivity index (χ0n) is 20.1. The molecule has 0 spiro atoms. The van der Waals surface area contributed by atoms with E-state index in [9.17, 15) is 23.4 Å². The molecule has 2 atom stereocenters. The van der Waals surface area contributed by atoms with Gasteiger partial charge in [-0.2, -0.15) is 4.31 Å². The van der Waals surface area contributed by atoms with Crippen LogP contribution >= 0.6 is 23.1 Å². The zero-order valence-corrected chi connectivity index (χ0v) is 22.6. The van der Waals surface area contributed by atoms with Crippen LogP contribution in [0, 0.1) is 0 Å². The van der Waals surface area contributed by atoms with Gasteiger partial charge in [0, 0.05) is 19.2 Å². The van der Waals surface area contributed by atoms with E-state index in [2.05, 4.69) is 4.98 Å². The van der Waals surface area contributed by atoms with Crippen molar-refractivity contribution < 1.29 is 28.2 Å². The number of aromatic nitrogens is 1. The summed E-state index contributed by atoms with van der Waals surface area (Å²) in [5.41, 5.74) is 2.55. The molecule has 0 aliphatic rings. The molecule has 4 aromatic rings. The predicted octanol–water partition coefficient (Wildman–Crippen LogP) is 4.59. The highest BCUT2D eigenvalue weighted by atomic mass is 32.2. The largest absolute Gasteiger partial charge is 0.497 e. The van der Waals surface area contributed by atoms with E-state index in [0.29, 0.717) is 5.75 Å². The minimum absolute atomic E-state index is 0.0307. The lowest BCUT2D eigenvalue weighted by molar-refractivity contribution is -0.142. The van der Waals surface area contributed by atoms with Gasteiger partial charge in [-0.3, -0.25) is 4.79 Å². The molecule has 11 heteroatoms. The highest BCUT2D eigenvalue weighted by Crippen LogP contribution is 2.31. The number of rotatable bonds is 11. The summed E-state index contributed by atoms with van der Waals surface area (Å²) in [6.07, 6.45) is -1.31. The number of para-hydroxylation sites is 1. The molecule has 2 unspecified atom stereocenters. The average molecular weight is 559 g/mol. The van der Waals surface area contributed by atoms with Gasteiger partial charge in [-0.25, -0.2) is 13.4 Å². The average Bonchev–Trinajstić information content (AvgIpc) is 3.33. The topological polar surface area (TPSA) is 117 Å². The predicted molar refractivity (Wildman–Crippen MR) is 146 cm³/mol. The first kappa shape index (κ1) is 27.1. The van der Waals surface area contributed by atoms with Crippen LogP contribution in [0.15, 0.2) is 82.0 Å². The number of aliphatic hydroxyl groups is 1. The van der Waals surface area contributed by atoms with Crippen LogP contribution in [0.5, 0.6) is 5.75 Å². The Labute approximate surface area is 223 Å². The normalized spacial score (nSPS) is 13.5. The number of sulfonamides is 1. The molecule has 0 radical (unpaired) electrons. The monoisotopic (exact) mass is 558 g/mol. The Morgan fingerprint density at radius 2 is 1.68 bits per heavy atom. The Bertz CT molecular complexity index is 1440. The van der Waals surface area contributed by atoms with Crippen LogP contribution in [0.3, 0.4) is 0 Å². The standard InChI is InChI=1S/C26H26N2O6S3/c1-28(37(32,33)21-13-9-18(10-14-21)17-7-11-20(34-2)12-8-17)23(25(30)31)15-19(29)16-35-26-27-22-5-3-4-6-24(22)36-26/h3-14,19,23,29H,15-16H2,1-2H3,(H,30,31). The molecule has 0 aliphatic heterocycles. The Morgan fingerprint density at radius 1 is 1.05 bits per heavy atom. The molecule has 37 heavy (non-hydrogen) atoms. The van der Waals surface area contributed by atoms with E-state index in [-0.39, 0.29) is 17.1 Å². The van der Waals surface area contributed by atoms with Gasteiger partial charge < -0.3 is 14.9 Å². The number of carboxylic acid groups (broad SMARTS) is 1. The van der Waals surface area contributed by atoms with Crippen molar-refractivity contribution in [3.63, 3.8) is 0 Å². The van der Waals surface area contributed by atoms with Gasteiger partial charge in [-0.05, 0) is 47.5 Å². The number of methoxy groups -OCH3 is 1. The minimum atomic E-state index is -4.12. The SMILES string of the molecule is COc1ccc(-c2ccc(S(=O)(=O)N(C)C(CC(O)CSc3nc4ccccc4s3)C(=O)O)cc2)cc1. The van der Waals surface area contributed by atoms with Gasteiger partial charge in [0.1, 0.15) is 11.8 Å². The molecular weight excluding hydrogens is 532 g/mol. The maximum atomic E-state index is 13.2. The minimum Gasteiger partial charge on any atom is -0.497 e. The number of aliphatic hydroxyl groups excluding tert-OH is 1. The van der Waals surface area contributed by atoms with Crippen LogP contribution < -0.4 is 4.74 Å². The van der Waals surface area contributed by atoms with Crippen LogP contribution in [0.1, 0.15) is 6.42 Å². The van der Waals surface area contributed by atoms with Gasteiger partial charge in [0.05, 0.1) is 28.3 Å². The second kappa shape index (κ2) is 11.6. The van der Waals surface area contributed by atoms with E-state index >= 15 is 0 Å². The van der Waals surface area contributed by atoms with E-state index in [1.807, 2.05) is 48.5 Å². The van der Waals surface area contributed by atoms with E-state index in [0.717, 1.165) is 30.0 Å². The summed E-state index contributed by atoms with van der Waals surface area (Å²) in [5.74, 6) is -0.427. The maximum Gasteiger partial charge on any atom is 0.322 e. The third kappa shape index (κ3) is 6.31. The first-order valence-corrected chi connectivity index (χ1v) is 14.5. The van der Waals surface area contributed by atoms with Crippen molar-refractivity contribution in [1.29, 1.82) is 0 Å². The van der Waals surface area contributed by atoms with Crippen LogP contribution in [-0.4, -0.2) is 65.9 Å². The van der Waals surface area contributed by atoms with Crippen molar-refractivity contribution in [3.05, 3.63) is 72.8 Å². The van der Waals surface area contributed by atoms with E-state index in [1.54, 1.807) is 19.2 Å². The Morgan fingerprint density at radius 3 is 2.27 bits per heavy atom. The second-order valence-corrected chi connectivity index (χ2v) is 12.6. The summed E-state index contributed by atoms with van der Waals surface area (Å²) < 4.78 is 34.2. The van der Waals surface area contributed by atoms with E-state index in [4.69, 9.17) is 4.74 Å². The summed E-state index contributed by atoms with van der Waals surface area (Å²) >= 11 is 2.80. The number of hydrogen-bond donors (Lipinski definition) is 2. The van der Waals surface area contributed by atoms with Crippen LogP contribution in [0.4, 0.5) is 0 Å². The zero-order chi connectivity index (χ0) is 26.6. The van der Waals surface area contributed by atoms with Gasteiger partial charge in [-0.1, -0.05) is 48.2 Å². The number of thioether (sulfide) groups is 1. The number of carbonyl (C=O) groups is 1. The molecule has 8 nitrogen and oxygen atoms in total. The fourth-order valence-corrected chi connectivity index (χ4v) is 7.11. The van der Waals surface area contributed by atoms with Gasteiger partial charge in [0.2, 0.25) is 10.0 Å². The van der Waals surface area contributed by atoms with E-state index in [1.165, 1.54) is 42.3 Å². The van der Waals surface area contributed by atoms with Gasteiger partial charge in [0.25, 0.3) is 0 Å². The molecule has 0 bridgehead atoms. The van der Waals surface area contributed by atoms with Gasteiger partial charge >= 0.3 is 5.97 Å². The molecule has 2 N–H and O–H groups in total. The molecule has 0 fully saturated rings. The van der Waals surface area contributed by atoms with E-state index < -0.39 is 28.1 Å². The lowest BCUT2D eigenvalue weighted by atomic mass is 10.1. The van der Waals surface area contributed by atoms with Crippen LogP contribution in [0.2, 0.25) is 0 Å². The first-order valence-electron chi connectivity index (χ1n) is 11.3. The van der Waals surface area contributed by atoms with Gasteiger partial charge in [0.15, 0.2) is 4.34 Å². The number of carboxylic acids is 1. The van der Waals surface area contributed by atoms with Crippen molar-refractivity contribution in [1.82, 2.24) is 9.29 Å². The summed E-state index contributed by atoms with van der Waals surface area (Å²) in [7, 11) is -1.32. The number of thiazole rings is 1. The van der Waals surface area contributed by atoms with Crippen LogP contribution in [-0.2, 0) is 14.8 Å². The van der Waals surface area contributed by atoms with Crippen molar-refractivity contribution in [2.45, 2.75) is 27.8 Å².